The van der Waals surface area contributed by atoms with E-state index >= 15 is 0 Å². The molecule has 1 fully saturated rings. The van der Waals surface area contributed by atoms with E-state index < -0.39 is 0 Å². The Hall–Kier alpha value is -3.00. The van der Waals surface area contributed by atoms with Crippen LogP contribution in [-0.2, 0) is 6.54 Å². The van der Waals surface area contributed by atoms with Crippen LogP contribution in [0.15, 0.2) is 24.5 Å². The van der Waals surface area contributed by atoms with Gasteiger partial charge in [-0.15, -0.1) is 0 Å². The van der Waals surface area contributed by atoms with Crippen molar-refractivity contribution in [3.05, 3.63) is 46.9 Å². The van der Waals surface area contributed by atoms with Crippen LogP contribution < -0.4 is 10.2 Å². The lowest BCUT2D eigenvalue weighted by Gasteiger charge is -2.26. The molecule has 1 saturated heterocycles. The van der Waals surface area contributed by atoms with Crippen LogP contribution in [0.25, 0.3) is 5.65 Å². The van der Waals surface area contributed by atoms with E-state index in [-0.39, 0.29) is 12.1 Å². The van der Waals surface area contributed by atoms with E-state index in [1.54, 1.807) is 0 Å². The third-order valence-electron chi connectivity index (χ3n) is 6.35. The van der Waals surface area contributed by atoms with E-state index in [4.69, 9.17) is 15.5 Å². The molecule has 33 heavy (non-hydrogen) atoms. The van der Waals surface area contributed by atoms with Gasteiger partial charge in [-0.1, -0.05) is 6.92 Å². The molecule has 1 aliphatic heterocycles. The van der Waals surface area contributed by atoms with Crippen LogP contribution in [0.2, 0.25) is 0 Å². The Morgan fingerprint density at radius 2 is 1.97 bits per heavy atom. The molecule has 0 bridgehead atoms. The van der Waals surface area contributed by atoms with Crippen LogP contribution in [0.5, 0.6) is 0 Å². The highest BCUT2D eigenvalue weighted by atomic mass is 15.3. The Morgan fingerprint density at radius 3 is 2.64 bits per heavy atom. The van der Waals surface area contributed by atoms with E-state index in [1.165, 1.54) is 24.6 Å². The van der Waals surface area contributed by atoms with Gasteiger partial charge in [0.15, 0.2) is 5.65 Å². The van der Waals surface area contributed by atoms with Gasteiger partial charge >= 0.3 is 0 Å². The quantitative estimate of drug-likeness (QED) is 0.471. The van der Waals surface area contributed by atoms with Crippen molar-refractivity contribution >= 4 is 23.5 Å². The molecule has 1 atom stereocenters. The number of hydrogen-bond acceptors (Lipinski definition) is 7. The second kappa shape index (κ2) is 9.87. The second-order valence-corrected chi connectivity index (χ2v) is 9.28. The first kappa shape index (κ1) is 23.2. The topological polar surface area (TPSA) is 85.4 Å². The molecule has 1 aliphatic rings. The van der Waals surface area contributed by atoms with E-state index in [0.717, 1.165) is 60.3 Å². The smallest absolute Gasteiger partial charge is 0.157 e. The normalized spacial score (nSPS) is 15.1. The third-order valence-corrected chi connectivity index (χ3v) is 6.35. The molecule has 2 N–H and O–H groups in total. The summed E-state index contributed by atoms with van der Waals surface area (Å²) < 4.78 is 1.91. The minimum atomic E-state index is 0.129. The zero-order chi connectivity index (χ0) is 23.5. The molecule has 4 rings (SSSR count). The van der Waals surface area contributed by atoms with Crippen molar-refractivity contribution in [2.24, 2.45) is 0 Å². The number of aromatic nitrogens is 4. The van der Waals surface area contributed by atoms with Crippen LogP contribution >= 0.6 is 0 Å². The van der Waals surface area contributed by atoms with Crippen molar-refractivity contribution in [3.63, 3.8) is 0 Å². The molecule has 0 aromatic carbocycles. The fourth-order valence-corrected chi connectivity index (χ4v) is 4.53. The van der Waals surface area contributed by atoms with Crippen LogP contribution in [0, 0.1) is 12.3 Å². The standard InChI is InChI=1S/C25H36N8/c1-6-31(16-20-11-21(13-26)24(27-14-20)28-17(2)3)19(5)22-12-23-29-25(32-9-7-8-10-32)18(4)15-33(23)30-22/h11-15,17,19,26H,6-10,16H2,1-5H3,(H,27,28)/t19-/m0/s1. The van der Waals surface area contributed by atoms with E-state index in [0.29, 0.717) is 0 Å². The van der Waals surface area contributed by atoms with Gasteiger partial charge in [0.05, 0.1) is 11.7 Å². The first-order valence-corrected chi connectivity index (χ1v) is 12.0. The fraction of sp³-hybridized carbons (Fsp3) is 0.520. The van der Waals surface area contributed by atoms with Gasteiger partial charge < -0.3 is 15.6 Å². The zero-order valence-corrected chi connectivity index (χ0v) is 20.5. The lowest BCUT2D eigenvalue weighted by molar-refractivity contribution is 0.208. The average molecular weight is 449 g/mol. The molecule has 4 heterocycles. The monoisotopic (exact) mass is 448 g/mol. The van der Waals surface area contributed by atoms with E-state index in [2.05, 4.69) is 73.0 Å². The number of nitrogens with one attached hydrogen (secondary N) is 2. The third kappa shape index (κ3) is 5.00. The van der Waals surface area contributed by atoms with E-state index in [1.807, 2.05) is 10.7 Å². The number of rotatable bonds is 9. The summed E-state index contributed by atoms with van der Waals surface area (Å²) in [5.41, 5.74) is 4.98. The van der Waals surface area contributed by atoms with Crippen LogP contribution in [-0.4, -0.2) is 56.4 Å². The molecule has 0 amide bonds. The minimum Gasteiger partial charge on any atom is -0.367 e. The summed E-state index contributed by atoms with van der Waals surface area (Å²) in [5, 5.41) is 16.0. The second-order valence-electron chi connectivity index (χ2n) is 9.28. The molecule has 3 aromatic rings. The summed E-state index contributed by atoms with van der Waals surface area (Å²) in [4.78, 5) is 14.3. The van der Waals surface area contributed by atoms with Crippen molar-refractivity contribution in [1.29, 1.82) is 5.41 Å². The highest BCUT2D eigenvalue weighted by Crippen LogP contribution is 2.26. The van der Waals surface area contributed by atoms with Crippen molar-refractivity contribution in [3.8, 4) is 0 Å². The van der Waals surface area contributed by atoms with Crippen molar-refractivity contribution in [2.45, 2.75) is 66.1 Å². The Bertz CT molecular complexity index is 1110. The van der Waals surface area contributed by atoms with E-state index in [9.17, 15) is 0 Å². The van der Waals surface area contributed by atoms with Crippen LogP contribution in [0.4, 0.5) is 11.6 Å². The van der Waals surface area contributed by atoms with Gasteiger partial charge in [-0.05, 0) is 58.7 Å². The largest absolute Gasteiger partial charge is 0.367 e. The summed E-state index contributed by atoms with van der Waals surface area (Å²) in [6.45, 7) is 14.4. The van der Waals surface area contributed by atoms with Gasteiger partial charge in [-0.25, -0.2) is 14.5 Å². The summed E-state index contributed by atoms with van der Waals surface area (Å²) >= 11 is 0. The first-order valence-electron chi connectivity index (χ1n) is 12.0. The van der Waals surface area contributed by atoms with Gasteiger partial charge in [-0.3, -0.25) is 4.90 Å². The summed E-state index contributed by atoms with van der Waals surface area (Å²) in [5.74, 6) is 1.85. The minimum absolute atomic E-state index is 0.129. The number of pyridine rings is 1. The SMILES string of the molecule is CCN(Cc1cnc(NC(C)C)c(C=N)c1)[C@@H](C)c1cc2nc(N3CCCC3)c(C)cn2n1. The van der Waals surface area contributed by atoms with Gasteiger partial charge in [0.25, 0.3) is 0 Å². The van der Waals surface area contributed by atoms with Gasteiger partial charge in [0, 0.05) is 61.5 Å². The van der Waals surface area contributed by atoms with Gasteiger partial charge in [-0.2, -0.15) is 5.10 Å². The molecule has 176 valence electrons. The number of aryl methyl sites for hydroxylation is 1. The Balaban J connectivity index is 1.55. The maximum Gasteiger partial charge on any atom is 0.157 e. The molecule has 0 saturated carbocycles. The maximum absolute atomic E-state index is 7.79. The van der Waals surface area contributed by atoms with Gasteiger partial charge in [0.1, 0.15) is 11.6 Å². The summed E-state index contributed by atoms with van der Waals surface area (Å²) in [6, 6.07) is 4.57. The fourth-order valence-electron chi connectivity index (χ4n) is 4.53. The molecule has 3 aromatic heterocycles. The molecule has 0 unspecified atom stereocenters. The van der Waals surface area contributed by atoms with Gasteiger partial charge in [0.2, 0.25) is 0 Å². The summed E-state index contributed by atoms with van der Waals surface area (Å²) in [6.07, 6.45) is 7.85. The number of fused-ring (bicyclic) bond motifs is 1. The zero-order valence-electron chi connectivity index (χ0n) is 20.5. The Kier molecular flexibility index (Phi) is 6.93. The molecular weight excluding hydrogens is 412 g/mol. The number of nitrogens with zero attached hydrogens (tertiary/aromatic N) is 6. The molecule has 0 spiro atoms. The highest BCUT2D eigenvalue weighted by Gasteiger charge is 2.21. The average Bonchev–Trinajstić information content (AvgIpc) is 3.46. The summed E-state index contributed by atoms with van der Waals surface area (Å²) in [7, 11) is 0. The molecule has 0 aliphatic carbocycles. The molecule has 8 heteroatoms. The molecule has 8 nitrogen and oxygen atoms in total. The Morgan fingerprint density at radius 1 is 1.21 bits per heavy atom. The maximum atomic E-state index is 7.79. The van der Waals surface area contributed by atoms with Crippen LogP contribution in [0.3, 0.4) is 0 Å². The molecule has 0 radical (unpaired) electrons. The lowest BCUT2D eigenvalue weighted by atomic mass is 10.1. The highest BCUT2D eigenvalue weighted by molar-refractivity contribution is 5.84. The number of hydrogen-bond donors (Lipinski definition) is 2. The molecular formula is C25H36N8. The predicted molar refractivity (Wildman–Crippen MR) is 135 cm³/mol. The van der Waals surface area contributed by atoms with Crippen LogP contribution in [0.1, 0.15) is 69.0 Å². The van der Waals surface area contributed by atoms with Crippen molar-refractivity contribution < 1.29 is 0 Å². The lowest BCUT2D eigenvalue weighted by Crippen LogP contribution is -2.27. The van der Waals surface area contributed by atoms with Crippen molar-refractivity contribution in [2.75, 3.05) is 29.9 Å². The number of anilines is 2. The first-order chi connectivity index (χ1) is 15.9. The van der Waals surface area contributed by atoms with Crippen molar-refractivity contribution in [1.82, 2.24) is 24.5 Å². The predicted octanol–water partition coefficient (Wildman–Crippen LogP) is 4.43. The Labute approximate surface area is 196 Å².